The number of hydrogen-bond acceptors (Lipinski definition) is 1. The molecule has 1 aromatic heterocycles. The second-order valence-corrected chi connectivity index (χ2v) is 5.78. The van der Waals surface area contributed by atoms with Gasteiger partial charge in [0.25, 0.3) is 0 Å². The third-order valence-corrected chi connectivity index (χ3v) is 4.42. The summed E-state index contributed by atoms with van der Waals surface area (Å²) in [5, 5.41) is 9.31. The maximum atomic E-state index is 14.6. The van der Waals surface area contributed by atoms with Gasteiger partial charge in [-0.1, -0.05) is 17.7 Å². The Kier molecular flexibility index (Phi) is 2.88. The van der Waals surface area contributed by atoms with Crippen molar-refractivity contribution in [2.45, 2.75) is 32.1 Å². The Morgan fingerprint density at radius 1 is 1.20 bits per heavy atom. The highest BCUT2D eigenvalue weighted by atomic mass is 35.5. The van der Waals surface area contributed by atoms with Crippen LogP contribution in [-0.2, 0) is 5.41 Å². The summed E-state index contributed by atoms with van der Waals surface area (Å²) in [6, 6.07) is 9.64. The largest absolute Gasteiger partial charge is 0.316 e. The molecule has 0 N–H and O–H groups in total. The highest BCUT2D eigenvalue weighted by molar-refractivity contribution is 6.32. The topological polar surface area (TPSA) is 28.7 Å². The zero-order chi connectivity index (χ0) is 14.5. The lowest BCUT2D eigenvalue weighted by Gasteiger charge is -2.15. The Morgan fingerprint density at radius 3 is 2.30 bits per heavy atom. The zero-order valence-electron chi connectivity index (χ0n) is 11.4. The summed E-state index contributed by atoms with van der Waals surface area (Å²) >= 11 is 6.18. The zero-order valence-corrected chi connectivity index (χ0v) is 12.1. The molecule has 1 aromatic carbocycles. The van der Waals surface area contributed by atoms with Gasteiger partial charge in [-0.25, -0.2) is 4.39 Å². The molecule has 0 amide bonds. The summed E-state index contributed by atoms with van der Waals surface area (Å²) in [5.74, 6) is -0.451. The maximum absolute atomic E-state index is 14.6. The Hall–Kier alpha value is -1.79. The van der Waals surface area contributed by atoms with Crippen LogP contribution in [0.15, 0.2) is 24.3 Å². The third-order valence-electron chi connectivity index (χ3n) is 4.05. The quantitative estimate of drug-likeness (QED) is 0.803. The SMILES string of the molecule is Cc1ccc(C)n1-c1ccc(C2(C#N)CC2)c(Cl)c1F. The molecule has 0 unspecified atom stereocenters. The van der Waals surface area contributed by atoms with Crippen molar-refractivity contribution in [3.05, 3.63) is 52.1 Å². The van der Waals surface area contributed by atoms with Crippen LogP contribution in [0.3, 0.4) is 0 Å². The van der Waals surface area contributed by atoms with Crippen molar-refractivity contribution < 1.29 is 4.39 Å². The Balaban J connectivity index is 2.18. The van der Waals surface area contributed by atoms with E-state index < -0.39 is 11.2 Å². The van der Waals surface area contributed by atoms with Crippen LogP contribution >= 0.6 is 11.6 Å². The molecule has 0 aliphatic heterocycles. The van der Waals surface area contributed by atoms with E-state index in [0.717, 1.165) is 24.2 Å². The van der Waals surface area contributed by atoms with Gasteiger partial charge in [-0.2, -0.15) is 5.26 Å². The summed E-state index contributed by atoms with van der Waals surface area (Å²) in [7, 11) is 0. The molecule has 2 aromatic rings. The van der Waals surface area contributed by atoms with Crippen LogP contribution in [-0.4, -0.2) is 4.57 Å². The number of nitriles is 1. The molecule has 2 nitrogen and oxygen atoms in total. The van der Waals surface area contributed by atoms with Crippen molar-refractivity contribution in [1.82, 2.24) is 4.57 Å². The van der Waals surface area contributed by atoms with E-state index in [4.69, 9.17) is 11.6 Å². The molecule has 1 aliphatic carbocycles. The van der Waals surface area contributed by atoms with Gasteiger partial charge in [-0.15, -0.1) is 0 Å². The number of halogens is 2. The van der Waals surface area contributed by atoms with Crippen LogP contribution in [0.5, 0.6) is 0 Å². The predicted octanol–water partition coefficient (Wildman–Crippen LogP) is 4.44. The first-order valence-electron chi connectivity index (χ1n) is 6.55. The molecule has 0 atom stereocenters. The minimum absolute atomic E-state index is 0.0778. The molecular formula is C16H14ClFN2. The number of aryl methyl sites for hydroxylation is 2. The number of rotatable bonds is 2. The second kappa shape index (κ2) is 4.36. The molecule has 0 saturated heterocycles. The highest BCUT2D eigenvalue weighted by Crippen LogP contribution is 2.50. The van der Waals surface area contributed by atoms with Gasteiger partial charge in [0.15, 0.2) is 5.82 Å². The summed E-state index contributed by atoms with van der Waals surface area (Å²) in [5.41, 5.74) is 2.38. The van der Waals surface area contributed by atoms with Crippen molar-refractivity contribution in [3.8, 4) is 11.8 Å². The summed E-state index contributed by atoms with van der Waals surface area (Å²) in [6.07, 6.45) is 1.51. The molecule has 0 radical (unpaired) electrons. The summed E-state index contributed by atoms with van der Waals surface area (Å²) in [4.78, 5) is 0. The lowest BCUT2D eigenvalue weighted by molar-refractivity contribution is 0.612. The van der Waals surface area contributed by atoms with E-state index in [-0.39, 0.29) is 5.02 Å². The fourth-order valence-corrected chi connectivity index (χ4v) is 3.04. The number of aromatic nitrogens is 1. The third kappa shape index (κ3) is 1.76. The van der Waals surface area contributed by atoms with Gasteiger partial charge in [0.1, 0.15) is 0 Å². The predicted molar refractivity (Wildman–Crippen MR) is 76.7 cm³/mol. The average molecular weight is 289 g/mol. The summed E-state index contributed by atoms with van der Waals surface area (Å²) in [6.45, 7) is 3.85. The first kappa shape index (κ1) is 13.2. The van der Waals surface area contributed by atoms with E-state index in [9.17, 15) is 9.65 Å². The highest BCUT2D eigenvalue weighted by Gasteiger charge is 2.47. The molecule has 0 bridgehead atoms. The number of nitrogens with zero attached hydrogens (tertiary/aromatic N) is 2. The second-order valence-electron chi connectivity index (χ2n) is 5.41. The minimum Gasteiger partial charge on any atom is -0.316 e. The molecule has 102 valence electrons. The van der Waals surface area contributed by atoms with Crippen molar-refractivity contribution in [2.24, 2.45) is 0 Å². The molecule has 1 fully saturated rings. The molecule has 1 aliphatic rings. The Morgan fingerprint density at radius 2 is 1.80 bits per heavy atom. The Labute approximate surface area is 122 Å². The molecule has 1 heterocycles. The van der Waals surface area contributed by atoms with Crippen LogP contribution in [0.25, 0.3) is 5.69 Å². The van der Waals surface area contributed by atoms with Gasteiger partial charge in [0.2, 0.25) is 0 Å². The monoisotopic (exact) mass is 288 g/mol. The van der Waals surface area contributed by atoms with Gasteiger partial charge in [0.05, 0.1) is 22.2 Å². The van der Waals surface area contributed by atoms with Gasteiger partial charge >= 0.3 is 0 Å². The number of hydrogen-bond donors (Lipinski definition) is 0. The van der Waals surface area contributed by atoms with Crippen molar-refractivity contribution >= 4 is 11.6 Å². The fourth-order valence-electron chi connectivity index (χ4n) is 2.70. The first-order chi connectivity index (χ1) is 9.50. The summed E-state index contributed by atoms with van der Waals surface area (Å²) < 4.78 is 16.4. The first-order valence-corrected chi connectivity index (χ1v) is 6.93. The lowest BCUT2D eigenvalue weighted by atomic mass is 9.97. The van der Waals surface area contributed by atoms with Gasteiger partial charge in [0, 0.05) is 11.4 Å². The molecule has 4 heteroatoms. The van der Waals surface area contributed by atoms with Crippen molar-refractivity contribution in [3.63, 3.8) is 0 Å². The average Bonchev–Trinajstić information content (AvgIpc) is 3.16. The van der Waals surface area contributed by atoms with Crippen LogP contribution in [0.1, 0.15) is 29.8 Å². The van der Waals surface area contributed by atoms with Crippen LogP contribution < -0.4 is 0 Å². The minimum atomic E-state index is -0.572. The van der Waals surface area contributed by atoms with Crippen LogP contribution in [0, 0.1) is 31.0 Å². The fraction of sp³-hybridized carbons (Fsp3) is 0.312. The van der Waals surface area contributed by atoms with E-state index in [1.807, 2.05) is 30.5 Å². The maximum Gasteiger partial charge on any atom is 0.166 e. The smallest absolute Gasteiger partial charge is 0.166 e. The van der Waals surface area contributed by atoms with Crippen molar-refractivity contribution in [1.29, 1.82) is 5.26 Å². The number of benzene rings is 1. The molecular weight excluding hydrogens is 275 g/mol. The van der Waals surface area contributed by atoms with E-state index in [0.29, 0.717) is 11.3 Å². The Bertz CT molecular complexity index is 716. The standard InChI is InChI=1S/C16H14ClFN2/c1-10-3-4-11(2)20(10)13-6-5-12(14(17)15(13)18)16(9-19)7-8-16/h3-6H,7-8H2,1-2H3. The lowest BCUT2D eigenvalue weighted by Crippen LogP contribution is -2.08. The molecule has 20 heavy (non-hydrogen) atoms. The van der Waals surface area contributed by atoms with E-state index in [2.05, 4.69) is 6.07 Å². The van der Waals surface area contributed by atoms with Gasteiger partial charge in [-0.3, -0.25) is 0 Å². The van der Waals surface area contributed by atoms with Gasteiger partial charge < -0.3 is 4.57 Å². The van der Waals surface area contributed by atoms with E-state index in [1.165, 1.54) is 0 Å². The normalized spacial score (nSPS) is 15.9. The van der Waals surface area contributed by atoms with Crippen LogP contribution in [0.2, 0.25) is 5.02 Å². The molecule has 0 spiro atoms. The van der Waals surface area contributed by atoms with Gasteiger partial charge in [-0.05, 0) is 50.5 Å². The molecule has 1 saturated carbocycles. The van der Waals surface area contributed by atoms with Crippen LogP contribution in [0.4, 0.5) is 4.39 Å². The van der Waals surface area contributed by atoms with E-state index in [1.54, 1.807) is 12.1 Å². The molecule has 3 rings (SSSR count). The van der Waals surface area contributed by atoms with E-state index >= 15 is 0 Å². The van der Waals surface area contributed by atoms with Crippen molar-refractivity contribution in [2.75, 3.05) is 0 Å².